The highest BCUT2D eigenvalue weighted by atomic mass is 19.1. The van der Waals surface area contributed by atoms with Crippen LogP contribution in [0.2, 0.25) is 0 Å². The number of aromatic nitrogens is 1. The van der Waals surface area contributed by atoms with Crippen LogP contribution in [0.15, 0.2) is 79.0 Å². The molecule has 1 unspecified atom stereocenters. The first-order chi connectivity index (χ1) is 13.5. The van der Waals surface area contributed by atoms with Gasteiger partial charge in [-0.25, -0.2) is 4.39 Å². The van der Waals surface area contributed by atoms with Crippen molar-refractivity contribution < 1.29 is 13.9 Å². The maximum Gasteiger partial charge on any atom is 0.191 e. The summed E-state index contributed by atoms with van der Waals surface area (Å²) in [4.78, 5) is 16.7. The van der Waals surface area contributed by atoms with Gasteiger partial charge >= 0.3 is 0 Å². The Hall–Kier alpha value is -3.44. The molecule has 1 aromatic heterocycles. The molecule has 4 rings (SSSR count). The fourth-order valence-corrected chi connectivity index (χ4v) is 3.52. The molecule has 0 aliphatic rings. The zero-order valence-electron chi connectivity index (χ0n) is 15.3. The second-order valence-corrected chi connectivity index (χ2v) is 6.63. The van der Waals surface area contributed by atoms with E-state index in [2.05, 4.69) is 4.98 Å². The maximum absolute atomic E-state index is 13.7. The number of rotatable bonds is 5. The minimum absolute atomic E-state index is 0.258. The number of H-pyrrole nitrogens is 1. The molecule has 1 atom stereocenters. The van der Waals surface area contributed by atoms with Crippen molar-refractivity contribution in [2.45, 2.75) is 5.54 Å². The predicted octanol–water partition coefficient (Wildman–Crippen LogP) is 4.40. The third-order valence-electron chi connectivity index (χ3n) is 4.99. The Morgan fingerprint density at radius 2 is 1.82 bits per heavy atom. The van der Waals surface area contributed by atoms with Gasteiger partial charge in [0.25, 0.3) is 0 Å². The molecule has 5 heteroatoms. The average molecular weight is 374 g/mol. The second-order valence-electron chi connectivity index (χ2n) is 6.63. The fraction of sp³-hybridized carbons (Fsp3) is 0.0870. The van der Waals surface area contributed by atoms with E-state index in [1.807, 2.05) is 6.07 Å². The SMILES string of the molecule is COc1cccc(C(N)(C(=O)c2ccccc2)c2c[nH]c3cc(F)ccc23)c1. The number of carbonyl (C=O) groups is 1. The number of fused-ring (bicyclic) bond motifs is 1. The zero-order valence-corrected chi connectivity index (χ0v) is 15.3. The number of hydrogen-bond acceptors (Lipinski definition) is 3. The highest BCUT2D eigenvalue weighted by Crippen LogP contribution is 2.37. The average Bonchev–Trinajstić information content (AvgIpc) is 3.16. The zero-order chi connectivity index (χ0) is 19.7. The van der Waals surface area contributed by atoms with Crippen LogP contribution in [0.4, 0.5) is 4.39 Å². The van der Waals surface area contributed by atoms with E-state index in [4.69, 9.17) is 10.5 Å². The van der Waals surface area contributed by atoms with Crippen LogP contribution in [0, 0.1) is 5.82 Å². The van der Waals surface area contributed by atoms with Crippen LogP contribution in [0.3, 0.4) is 0 Å². The summed E-state index contributed by atoms with van der Waals surface area (Å²) in [5.74, 6) is -0.0232. The number of hydrogen-bond donors (Lipinski definition) is 2. The van der Waals surface area contributed by atoms with E-state index in [1.165, 1.54) is 12.1 Å². The molecule has 0 fully saturated rings. The number of nitrogens with one attached hydrogen (secondary N) is 1. The first kappa shape index (κ1) is 17.9. The van der Waals surface area contributed by atoms with Gasteiger partial charge in [-0.05, 0) is 35.9 Å². The molecule has 0 saturated carbocycles. The molecule has 140 valence electrons. The van der Waals surface area contributed by atoms with Crippen LogP contribution in [0.25, 0.3) is 10.9 Å². The van der Waals surface area contributed by atoms with Crippen molar-refractivity contribution >= 4 is 16.7 Å². The molecule has 0 radical (unpaired) electrons. The van der Waals surface area contributed by atoms with Crippen LogP contribution in [-0.2, 0) is 5.54 Å². The third kappa shape index (κ3) is 2.86. The van der Waals surface area contributed by atoms with Crippen molar-refractivity contribution in [3.05, 3.63) is 102 Å². The van der Waals surface area contributed by atoms with E-state index in [-0.39, 0.29) is 11.6 Å². The van der Waals surface area contributed by atoms with Gasteiger partial charge in [0.15, 0.2) is 5.78 Å². The molecule has 0 aliphatic carbocycles. The van der Waals surface area contributed by atoms with Gasteiger partial charge in [0.1, 0.15) is 17.1 Å². The first-order valence-electron chi connectivity index (χ1n) is 8.84. The number of ketones is 1. The monoisotopic (exact) mass is 374 g/mol. The second kappa shape index (κ2) is 6.94. The highest BCUT2D eigenvalue weighted by Gasteiger charge is 2.40. The van der Waals surface area contributed by atoms with Crippen LogP contribution < -0.4 is 10.5 Å². The van der Waals surface area contributed by atoms with E-state index in [9.17, 15) is 9.18 Å². The van der Waals surface area contributed by atoms with E-state index in [1.54, 1.807) is 67.9 Å². The summed E-state index contributed by atoms with van der Waals surface area (Å²) < 4.78 is 19.0. The van der Waals surface area contributed by atoms with Crippen molar-refractivity contribution in [3.8, 4) is 5.75 Å². The van der Waals surface area contributed by atoms with Crippen LogP contribution >= 0.6 is 0 Å². The van der Waals surface area contributed by atoms with Gasteiger partial charge in [-0.3, -0.25) is 4.79 Å². The molecular weight excluding hydrogens is 355 g/mol. The van der Waals surface area contributed by atoms with E-state index in [0.29, 0.717) is 33.3 Å². The Kier molecular flexibility index (Phi) is 4.45. The lowest BCUT2D eigenvalue weighted by Crippen LogP contribution is -2.46. The number of methoxy groups -OCH3 is 1. The van der Waals surface area contributed by atoms with E-state index in [0.717, 1.165) is 0 Å². The Labute approximate surface area is 161 Å². The lowest BCUT2D eigenvalue weighted by atomic mass is 9.77. The number of Topliss-reactive ketones (excluding diaryl/α,β-unsaturated/α-hetero) is 1. The van der Waals surface area contributed by atoms with E-state index >= 15 is 0 Å². The summed E-state index contributed by atoms with van der Waals surface area (Å²) in [5.41, 5.74) is 7.62. The Morgan fingerprint density at radius 1 is 1.04 bits per heavy atom. The van der Waals surface area contributed by atoms with Crippen molar-refractivity contribution in [2.75, 3.05) is 7.11 Å². The van der Waals surface area contributed by atoms with Gasteiger partial charge in [-0.2, -0.15) is 0 Å². The van der Waals surface area contributed by atoms with Gasteiger partial charge in [0.2, 0.25) is 0 Å². The standard InChI is InChI=1S/C23H19FN2O2/c1-28-18-9-5-8-16(12-18)23(25,22(27)15-6-3-2-4-7-15)20-14-26-21-13-17(24)10-11-19(20)21/h2-14,26H,25H2,1H3. The molecule has 3 N–H and O–H groups in total. The number of halogens is 1. The Morgan fingerprint density at radius 3 is 2.57 bits per heavy atom. The van der Waals surface area contributed by atoms with Gasteiger partial charge < -0.3 is 15.5 Å². The molecular formula is C23H19FN2O2. The summed E-state index contributed by atoms with van der Waals surface area (Å²) >= 11 is 0. The molecule has 0 bridgehead atoms. The van der Waals surface area contributed by atoms with Crippen molar-refractivity contribution in [1.29, 1.82) is 0 Å². The minimum Gasteiger partial charge on any atom is -0.497 e. The van der Waals surface area contributed by atoms with Gasteiger partial charge in [-0.1, -0.05) is 42.5 Å². The predicted molar refractivity (Wildman–Crippen MR) is 107 cm³/mol. The summed E-state index contributed by atoms with van der Waals surface area (Å²) in [6.07, 6.45) is 1.67. The topological polar surface area (TPSA) is 68.1 Å². The summed E-state index contributed by atoms with van der Waals surface area (Å²) in [7, 11) is 1.56. The molecule has 1 heterocycles. The fourth-order valence-electron chi connectivity index (χ4n) is 3.52. The number of carbonyl (C=O) groups excluding carboxylic acids is 1. The molecule has 0 aliphatic heterocycles. The Balaban J connectivity index is 1.99. The lowest BCUT2D eigenvalue weighted by molar-refractivity contribution is 0.0915. The number of benzene rings is 3. The third-order valence-corrected chi connectivity index (χ3v) is 4.99. The van der Waals surface area contributed by atoms with Gasteiger partial charge in [0.05, 0.1) is 7.11 Å². The number of aromatic amines is 1. The quantitative estimate of drug-likeness (QED) is 0.509. The van der Waals surface area contributed by atoms with Crippen molar-refractivity contribution in [2.24, 2.45) is 5.73 Å². The van der Waals surface area contributed by atoms with Crippen molar-refractivity contribution in [1.82, 2.24) is 4.98 Å². The smallest absolute Gasteiger partial charge is 0.191 e. The van der Waals surface area contributed by atoms with Gasteiger partial charge in [-0.15, -0.1) is 0 Å². The Bertz CT molecular complexity index is 1150. The molecule has 0 spiro atoms. The summed E-state index contributed by atoms with van der Waals surface area (Å²) in [6.45, 7) is 0. The van der Waals surface area contributed by atoms with Gasteiger partial charge in [0, 0.05) is 28.2 Å². The van der Waals surface area contributed by atoms with Crippen LogP contribution in [0.5, 0.6) is 5.75 Å². The molecule has 0 saturated heterocycles. The lowest BCUT2D eigenvalue weighted by Gasteiger charge is -2.29. The minimum atomic E-state index is -1.48. The highest BCUT2D eigenvalue weighted by molar-refractivity contribution is 6.08. The largest absolute Gasteiger partial charge is 0.497 e. The molecule has 4 nitrogen and oxygen atoms in total. The summed E-state index contributed by atoms with van der Waals surface area (Å²) in [6, 6.07) is 20.4. The first-order valence-corrected chi connectivity index (χ1v) is 8.84. The van der Waals surface area contributed by atoms with Crippen LogP contribution in [-0.4, -0.2) is 17.9 Å². The number of nitrogens with two attached hydrogens (primary N) is 1. The number of ether oxygens (including phenoxy) is 1. The molecule has 3 aromatic carbocycles. The van der Waals surface area contributed by atoms with E-state index < -0.39 is 5.54 Å². The summed E-state index contributed by atoms with van der Waals surface area (Å²) in [5, 5.41) is 0.691. The molecule has 0 amide bonds. The van der Waals surface area contributed by atoms with Crippen molar-refractivity contribution in [3.63, 3.8) is 0 Å². The molecule has 28 heavy (non-hydrogen) atoms. The maximum atomic E-state index is 13.7. The normalized spacial score (nSPS) is 13.2. The van der Waals surface area contributed by atoms with Crippen LogP contribution in [0.1, 0.15) is 21.5 Å². The molecule has 4 aromatic rings.